The van der Waals surface area contributed by atoms with Gasteiger partial charge in [-0.2, -0.15) is 0 Å². The van der Waals surface area contributed by atoms with Crippen LogP contribution in [0.3, 0.4) is 0 Å². The number of hydrogen-bond donors (Lipinski definition) is 0. The number of nitrogens with zero attached hydrogens (tertiary/aromatic N) is 1. The molecule has 0 aliphatic carbocycles. The van der Waals surface area contributed by atoms with Crippen LogP contribution in [0, 0.1) is 0 Å². The van der Waals surface area contributed by atoms with Gasteiger partial charge in [-0.15, -0.1) is 0 Å². The van der Waals surface area contributed by atoms with E-state index in [1.54, 1.807) is 6.92 Å². The maximum absolute atomic E-state index is 11.8. The molecule has 2 atom stereocenters. The molecule has 122 valence electrons. The summed E-state index contributed by atoms with van der Waals surface area (Å²) < 4.78 is 0. The van der Waals surface area contributed by atoms with Crippen molar-refractivity contribution in [2.45, 2.75) is 65.5 Å². The fraction of sp³-hybridized carbons (Fsp3) is 0.579. The predicted molar refractivity (Wildman–Crippen MR) is 91.1 cm³/mol. The van der Waals surface area contributed by atoms with E-state index in [1.807, 2.05) is 11.9 Å². The Kier molecular flexibility index (Phi) is 6.07. The van der Waals surface area contributed by atoms with Crippen molar-refractivity contribution in [3.05, 3.63) is 35.4 Å². The molecule has 1 rings (SSSR count). The van der Waals surface area contributed by atoms with Gasteiger partial charge in [0, 0.05) is 12.5 Å². The standard InChI is InChI=1S/C19H29NO2/c1-13(21)12-18(15(3)22)20(7)14(2)16-8-10-17(11-9-16)19(4,5)6/h8-11,14,18H,12H2,1-7H3/t14?,18-/m0/s1. The van der Waals surface area contributed by atoms with E-state index in [4.69, 9.17) is 0 Å². The number of rotatable bonds is 6. The topological polar surface area (TPSA) is 37.4 Å². The molecule has 1 unspecified atom stereocenters. The Balaban J connectivity index is 2.95. The van der Waals surface area contributed by atoms with Crippen molar-refractivity contribution in [1.82, 2.24) is 4.90 Å². The van der Waals surface area contributed by atoms with Crippen molar-refractivity contribution in [2.24, 2.45) is 0 Å². The van der Waals surface area contributed by atoms with Crippen molar-refractivity contribution in [3.8, 4) is 0 Å². The summed E-state index contributed by atoms with van der Waals surface area (Å²) in [6, 6.07) is 8.26. The normalized spacial score (nSPS) is 14.7. The minimum atomic E-state index is -0.352. The highest BCUT2D eigenvalue weighted by atomic mass is 16.1. The van der Waals surface area contributed by atoms with E-state index >= 15 is 0 Å². The number of likely N-dealkylation sites (N-methyl/N-ethyl adjacent to an activating group) is 1. The Morgan fingerprint density at radius 3 is 1.95 bits per heavy atom. The van der Waals surface area contributed by atoms with Crippen LogP contribution in [-0.4, -0.2) is 29.6 Å². The number of carbonyl (C=O) groups is 2. The summed E-state index contributed by atoms with van der Waals surface area (Å²) in [5, 5.41) is 0. The maximum atomic E-state index is 11.8. The van der Waals surface area contributed by atoms with E-state index < -0.39 is 0 Å². The third kappa shape index (κ3) is 4.77. The summed E-state index contributed by atoms with van der Waals surface area (Å²) in [5.41, 5.74) is 2.58. The van der Waals surface area contributed by atoms with Gasteiger partial charge in [0.2, 0.25) is 0 Å². The average molecular weight is 303 g/mol. The largest absolute Gasteiger partial charge is 0.300 e. The maximum Gasteiger partial charge on any atom is 0.147 e. The predicted octanol–water partition coefficient (Wildman–Crippen LogP) is 3.91. The first kappa shape index (κ1) is 18.6. The van der Waals surface area contributed by atoms with Gasteiger partial charge in [-0.3, -0.25) is 14.5 Å². The number of carbonyl (C=O) groups excluding carboxylic acids is 2. The van der Waals surface area contributed by atoms with Gasteiger partial charge in [0.15, 0.2) is 0 Å². The molecule has 0 aliphatic heterocycles. The van der Waals surface area contributed by atoms with Gasteiger partial charge in [0.1, 0.15) is 11.6 Å². The monoisotopic (exact) mass is 303 g/mol. The molecule has 0 aromatic heterocycles. The molecule has 1 aromatic rings. The van der Waals surface area contributed by atoms with Gasteiger partial charge in [-0.1, -0.05) is 45.0 Å². The van der Waals surface area contributed by atoms with E-state index in [9.17, 15) is 9.59 Å². The van der Waals surface area contributed by atoms with E-state index in [0.29, 0.717) is 0 Å². The van der Waals surface area contributed by atoms with Crippen LogP contribution in [0.2, 0.25) is 0 Å². The van der Waals surface area contributed by atoms with E-state index in [-0.39, 0.29) is 35.5 Å². The SMILES string of the molecule is CC(=O)C[C@@H](C(C)=O)N(C)C(C)c1ccc(C(C)(C)C)cc1. The highest BCUT2D eigenvalue weighted by Crippen LogP contribution is 2.27. The molecule has 0 radical (unpaired) electrons. The molecule has 1 aromatic carbocycles. The van der Waals surface area contributed by atoms with Gasteiger partial charge < -0.3 is 0 Å². The van der Waals surface area contributed by atoms with Crippen molar-refractivity contribution < 1.29 is 9.59 Å². The number of hydrogen-bond acceptors (Lipinski definition) is 3. The minimum absolute atomic E-state index is 0.0378. The van der Waals surface area contributed by atoms with Crippen LogP contribution in [-0.2, 0) is 15.0 Å². The molecule has 0 N–H and O–H groups in total. The molecule has 0 bridgehead atoms. The fourth-order valence-corrected chi connectivity index (χ4v) is 2.61. The third-order valence-corrected chi connectivity index (χ3v) is 4.31. The van der Waals surface area contributed by atoms with Gasteiger partial charge in [-0.25, -0.2) is 0 Å². The number of benzene rings is 1. The highest BCUT2D eigenvalue weighted by Gasteiger charge is 2.26. The molecular weight excluding hydrogens is 274 g/mol. The summed E-state index contributed by atoms with van der Waals surface area (Å²) in [6.45, 7) is 11.7. The zero-order valence-electron chi connectivity index (χ0n) is 14.9. The summed E-state index contributed by atoms with van der Waals surface area (Å²) in [5.74, 6) is 0.0817. The quantitative estimate of drug-likeness (QED) is 0.799. The van der Waals surface area contributed by atoms with E-state index in [0.717, 1.165) is 5.56 Å². The molecular formula is C19H29NO2. The lowest BCUT2D eigenvalue weighted by Crippen LogP contribution is -2.40. The molecule has 22 heavy (non-hydrogen) atoms. The van der Waals surface area contributed by atoms with Crippen LogP contribution < -0.4 is 0 Å². The second-order valence-corrected chi connectivity index (χ2v) is 7.25. The third-order valence-electron chi connectivity index (χ3n) is 4.31. The molecule has 0 saturated carbocycles. The van der Waals surface area contributed by atoms with Gasteiger partial charge >= 0.3 is 0 Å². The lowest BCUT2D eigenvalue weighted by Gasteiger charge is -2.32. The molecule has 0 saturated heterocycles. The van der Waals surface area contributed by atoms with E-state index in [1.165, 1.54) is 12.5 Å². The summed E-state index contributed by atoms with van der Waals surface area (Å²) >= 11 is 0. The van der Waals surface area contributed by atoms with Crippen LogP contribution in [0.5, 0.6) is 0 Å². The zero-order valence-corrected chi connectivity index (χ0v) is 14.9. The van der Waals surface area contributed by atoms with Crippen molar-refractivity contribution in [1.29, 1.82) is 0 Å². The van der Waals surface area contributed by atoms with Crippen LogP contribution in [0.1, 0.15) is 65.1 Å². The molecule has 3 nitrogen and oxygen atoms in total. The van der Waals surface area contributed by atoms with Crippen LogP contribution in [0.15, 0.2) is 24.3 Å². The van der Waals surface area contributed by atoms with Crippen LogP contribution in [0.4, 0.5) is 0 Å². The number of ketones is 2. The van der Waals surface area contributed by atoms with Crippen LogP contribution >= 0.6 is 0 Å². The average Bonchev–Trinajstić information content (AvgIpc) is 2.42. The first-order chi connectivity index (χ1) is 10.0. The molecule has 0 amide bonds. The second kappa shape index (κ2) is 7.19. The lowest BCUT2D eigenvalue weighted by atomic mass is 9.86. The smallest absolute Gasteiger partial charge is 0.147 e. The van der Waals surface area contributed by atoms with Crippen molar-refractivity contribution in [3.63, 3.8) is 0 Å². The first-order valence-electron chi connectivity index (χ1n) is 7.86. The van der Waals surface area contributed by atoms with E-state index in [2.05, 4.69) is 52.0 Å². The Labute approximate surface area is 134 Å². The minimum Gasteiger partial charge on any atom is -0.300 e. The molecule has 3 heteroatoms. The Morgan fingerprint density at radius 1 is 1.09 bits per heavy atom. The lowest BCUT2D eigenvalue weighted by molar-refractivity contribution is -0.127. The van der Waals surface area contributed by atoms with Gasteiger partial charge in [-0.05, 0) is 44.4 Å². The fourth-order valence-electron chi connectivity index (χ4n) is 2.61. The summed E-state index contributed by atoms with van der Waals surface area (Å²) in [7, 11) is 1.91. The van der Waals surface area contributed by atoms with Gasteiger partial charge in [0.25, 0.3) is 0 Å². The Morgan fingerprint density at radius 2 is 1.59 bits per heavy atom. The van der Waals surface area contributed by atoms with Crippen molar-refractivity contribution >= 4 is 11.6 Å². The van der Waals surface area contributed by atoms with Crippen molar-refractivity contribution in [2.75, 3.05) is 7.05 Å². The second-order valence-electron chi connectivity index (χ2n) is 7.25. The Hall–Kier alpha value is -1.48. The molecule has 0 fully saturated rings. The Bertz CT molecular complexity index is 525. The molecule has 0 spiro atoms. The summed E-state index contributed by atoms with van der Waals surface area (Å²) in [6.07, 6.45) is 0.274. The highest BCUT2D eigenvalue weighted by molar-refractivity contribution is 5.88. The number of Topliss-reactive ketones (excluding diaryl/α,β-unsaturated/α-hetero) is 2. The zero-order chi connectivity index (χ0) is 17.1. The molecule has 0 heterocycles. The molecule has 0 aliphatic rings. The van der Waals surface area contributed by atoms with Crippen LogP contribution in [0.25, 0.3) is 0 Å². The van der Waals surface area contributed by atoms with Gasteiger partial charge in [0.05, 0.1) is 6.04 Å². The summed E-state index contributed by atoms with van der Waals surface area (Å²) in [4.78, 5) is 25.2. The first-order valence-corrected chi connectivity index (χ1v) is 7.86.